The van der Waals surface area contributed by atoms with Crippen LogP contribution in [0.25, 0.3) is 0 Å². The van der Waals surface area contributed by atoms with Crippen molar-refractivity contribution in [3.63, 3.8) is 0 Å². The average Bonchev–Trinajstić information content (AvgIpc) is 3.34. The number of likely N-dealkylation sites (tertiary alicyclic amines) is 1. The number of carboxylic acid groups (broad SMARTS) is 1. The first-order chi connectivity index (χ1) is 12.5. The van der Waals surface area contributed by atoms with Gasteiger partial charge in [-0.1, -0.05) is 11.8 Å². The Bertz CT molecular complexity index is 790. The summed E-state index contributed by atoms with van der Waals surface area (Å²) in [5, 5.41) is 14.7. The number of amides is 1. The Morgan fingerprint density at radius 3 is 3.08 bits per heavy atom. The molecule has 3 N–H and O–H groups in total. The second-order valence-corrected chi connectivity index (χ2v) is 8.14. The molecule has 3 heterocycles. The lowest BCUT2D eigenvalue weighted by atomic mass is 10.0. The van der Waals surface area contributed by atoms with Crippen molar-refractivity contribution in [3.05, 3.63) is 29.0 Å². The Morgan fingerprint density at radius 2 is 2.38 bits per heavy atom. The van der Waals surface area contributed by atoms with Gasteiger partial charge in [-0.05, 0) is 19.4 Å². The van der Waals surface area contributed by atoms with Crippen LogP contribution < -0.4 is 5.73 Å². The van der Waals surface area contributed by atoms with Gasteiger partial charge in [-0.15, -0.1) is 11.3 Å². The van der Waals surface area contributed by atoms with Crippen LogP contribution in [0.2, 0.25) is 0 Å². The molecule has 0 bridgehead atoms. The van der Waals surface area contributed by atoms with Gasteiger partial charge in [-0.3, -0.25) is 9.48 Å². The van der Waals surface area contributed by atoms with Gasteiger partial charge in [0.25, 0.3) is 0 Å². The summed E-state index contributed by atoms with van der Waals surface area (Å²) >= 11 is 2.76. The maximum atomic E-state index is 12.3. The zero-order valence-corrected chi connectivity index (χ0v) is 16.0. The molecular weight excluding hydrogens is 374 g/mol. The largest absolute Gasteiger partial charge is 0.476 e. The molecule has 10 heteroatoms. The van der Waals surface area contributed by atoms with E-state index in [2.05, 4.69) is 10.1 Å². The molecule has 1 unspecified atom stereocenters. The number of nitrogens with zero attached hydrogens (tertiary/aromatic N) is 4. The SMILES string of the molecule is CCn1nccc1C(N)[C@H]1CCC(=O)N1CCSc1nc(C(=O)O)cs1. The van der Waals surface area contributed by atoms with Crippen molar-refractivity contribution in [1.29, 1.82) is 0 Å². The fourth-order valence-corrected chi connectivity index (χ4v) is 4.97. The minimum absolute atomic E-state index is 0.0454. The number of carboxylic acids is 1. The van der Waals surface area contributed by atoms with E-state index in [0.717, 1.165) is 18.7 Å². The summed E-state index contributed by atoms with van der Waals surface area (Å²) in [6.45, 7) is 3.31. The summed E-state index contributed by atoms with van der Waals surface area (Å²) in [5.41, 5.74) is 7.45. The van der Waals surface area contributed by atoms with Gasteiger partial charge in [0.15, 0.2) is 10.0 Å². The molecule has 1 fully saturated rings. The Kier molecular flexibility index (Phi) is 5.94. The molecule has 1 aliphatic heterocycles. The molecule has 1 amide bonds. The van der Waals surface area contributed by atoms with Crippen molar-refractivity contribution >= 4 is 35.0 Å². The van der Waals surface area contributed by atoms with E-state index in [-0.39, 0.29) is 23.7 Å². The van der Waals surface area contributed by atoms with Crippen LogP contribution in [0.1, 0.15) is 42.0 Å². The Morgan fingerprint density at radius 1 is 1.58 bits per heavy atom. The van der Waals surface area contributed by atoms with Gasteiger partial charge in [0.1, 0.15) is 0 Å². The standard InChI is InChI=1S/C16H21N5O3S2/c1-2-21-12(5-6-18-21)14(17)11-3-4-13(22)20(11)7-8-25-16-19-10(9-26-16)15(23)24/h5-6,9,11,14H,2-4,7-8,17H2,1H3,(H,23,24)/t11-,14?/m1/s1. The lowest BCUT2D eigenvalue weighted by molar-refractivity contribution is -0.128. The summed E-state index contributed by atoms with van der Waals surface area (Å²) in [6, 6.07) is 1.59. The van der Waals surface area contributed by atoms with Crippen LogP contribution in [0.5, 0.6) is 0 Å². The predicted molar refractivity (Wildman–Crippen MR) is 99.4 cm³/mol. The number of thioether (sulfide) groups is 1. The van der Waals surface area contributed by atoms with Gasteiger partial charge in [-0.25, -0.2) is 9.78 Å². The number of nitrogens with two attached hydrogens (primary N) is 1. The lowest BCUT2D eigenvalue weighted by Gasteiger charge is -2.29. The number of rotatable bonds is 8. The number of aryl methyl sites for hydroxylation is 1. The first kappa shape index (κ1) is 18.9. The van der Waals surface area contributed by atoms with Crippen LogP contribution >= 0.6 is 23.1 Å². The summed E-state index contributed by atoms with van der Waals surface area (Å²) in [6.07, 6.45) is 2.97. The van der Waals surface area contributed by atoms with Crippen LogP contribution in [0, 0.1) is 0 Å². The Labute approximate surface area is 159 Å². The topological polar surface area (TPSA) is 114 Å². The molecule has 3 rings (SSSR count). The number of hydrogen-bond donors (Lipinski definition) is 2. The van der Waals surface area contributed by atoms with Gasteiger partial charge >= 0.3 is 5.97 Å². The number of hydrogen-bond acceptors (Lipinski definition) is 7. The number of carbonyl (C=O) groups excluding carboxylic acids is 1. The first-order valence-corrected chi connectivity index (χ1v) is 10.3. The van der Waals surface area contributed by atoms with E-state index < -0.39 is 5.97 Å². The average molecular weight is 396 g/mol. The summed E-state index contributed by atoms with van der Waals surface area (Å²) in [4.78, 5) is 29.1. The van der Waals surface area contributed by atoms with Gasteiger partial charge in [0.2, 0.25) is 5.91 Å². The van der Waals surface area contributed by atoms with E-state index in [1.165, 1.54) is 28.5 Å². The highest BCUT2D eigenvalue weighted by molar-refractivity contribution is 8.01. The Hall–Kier alpha value is -1.91. The third kappa shape index (κ3) is 3.92. The van der Waals surface area contributed by atoms with Crippen molar-refractivity contribution in [1.82, 2.24) is 19.7 Å². The normalized spacial score (nSPS) is 18.5. The lowest BCUT2D eigenvalue weighted by Crippen LogP contribution is -2.42. The highest BCUT2D eigenvalue weighted by Gasteiger charge is 2.36. The fourth-order valence-electron chi connectivity index (χ4n) is 3.16. The molecule has 0 aliphatic carbocycles. The molecule has 1 aliphatic rings. The molecule has 0 saturated carbocycles. The second kappa shape index (κ2) is 8.19. The van der Waals surface area contributed by atoms with E-state index in [1.807, 2.05) is 22.6 Å². The summed E-state index contributed by atoms with van der Waals surface area (Å²) < 4.78 is 2.56. The smallest absolute Gasteiger partial charge is 0.355 e. The molecule has 26 heavy (non-hydrogen) atoms. The summed E-state index contributed by atoms with van der Waals surface area (Å²) in [5.74, 6) is -0.269. The van der Waals surface area contributed by atoms with Crippen LogP contribution in [0.15, 0.2) is 22.0 Å². The quantitative estimate of drug-likeness (QED) is 0.655. The number of aromatic nitrogens is 3. The minimum Gasteiger partial charge on any atom is -0.476 e. The van der Waals surface area contributed by atoms with E-state index in [0.29, 0.717) is 23.1 Å². The molecule has 0 spiro atoms. The van der Waals surface area contributed by atoms with Crippen molar-refractivity contribution in [3.8, 4) is 0 Å². The minimum atomic E-state index is -1.03. The van der Waals surface area contributed by atoms with Crippen LogP contribution in [-0.4, -0.2) is 55.0 Å². The van der Waals surface area contributed by atoms with Crippen molar-refractivity contribution in [2.24, 2.45) is 5.73 Å². The number of aromatic carboxylic acids is 1. The van der Waals surface area contributed by atoms with Crippen LogP contribution in [0.3, 0.4) is 0 Å². The zero-order chi connectivity index (χ0) is 18.7. The molecule has 0 aromatic carbocycles. The maximum Gasteiger partial charge on any atom is 0.355 e. The van der Waals surface area contributed by atoms with E-state index in [4.69, 9.17) is 10.8 Å². The molecule has 8 nitrogen and oxygen atoms in total. The fraction of sp³-hybridized carbons (Fsp3) is 0.500. The maximum absolute atomic E-state index is 12.3. The first-order valence-electron chi connectivity index (χ1n) is 8.39. The molecule has 0 radical (unpaired) electrons. The Balaban J connectivity index is 1.61. The molecule has 140 valence electrons. The molecule has 2 aromatic heterocycles. The highest BCUT2D eigenvalue weighted by Crippen LogP contribution is 2.30. The van der Waals surface area contributed by atoms with Crippen molar-refractivity contribution in [2.45, 2.75) is 42.7 Å². The summed E-state index contributed by atoms with van der Waals surface area (Å²) in [7, 11) is 0. The van der Waals surface area contributed by atoms with E-state index >= 15 is 0 Å². The van der Waals surface area contributed by atoms with Gasteiger partial charge in [-0.2, -0.15) is 5.10 Å². The van der Waals surface area contributed by atoms with Gasteiger partial charge in [0.05, 0.1) is 17.8 Å². The van der Waals surface area contributed by atoms with Gasteiger partial charge < -0.3 is 15.7 Å². The zero-order valence-electron chi connectivity index (χ0n) is 14.4. The van der Waals surface area contributed by atoms with Crippen molar-refractivity contribution < 1.29 is 14.7 Å². The monoisotopic (exact) mass is 395 g/mol. The molecular formula is C16H21N5O3S2. The number of thiazole rings is 1. The molecule has 1 saturated heterocycles. The van der Waals surface area contributed by atoms with Crippen molar-refractivity contribution in [2.75, 3.05) is 12.3 Å². The third-order valence-electron chi connectivity index (χ3n) is 4.44. The second-order valence-electron chi connectivity index (χ2n) is 5.94. The van der Waals surface area contributed by atoms with Crippen LogP contribution in [-0.2, 0) is 11.3 Å². The van der Waals surface area contributed by atoms with E-state index in [9.17, 15) is 9.59 Å². The van der Waals surface area contributed by atoms with E-state index in [1.54, 1.807) is 6.20 Å². The number of carbonyl (C=O) groups is 2. The van der Waals surface area contributed by atoms with Gasteiger partial charge in [0, 0.05) is 36.8 Å². The highest BCUT2D eigenvalue weighted by atomic mass is 32.2. The predicted octanol–water partition coefficient (Wildman–Crippen LogP) is 1.84. The van der Waals surface area contributed by atoms with Crippen LogP contribution in [0.4, 0.5) is 0 Å². The molecule has 2 atom stereocenters. The molecule has 2 aromatic rings. The third-order valence-corrected chi connectivity index (χ3v) is 6.44.